The van der Waals surface area contributed by atoms with E-state index in [1.165, 1.54) is 0 Å². The molecule has 0 aliphatic heterocycles. The van der Waals surface area contributed by atoms with E-state index >= 15 is 0 Å². The minimum Gasteiger partial charge on any atom is -0.491 e. The molecule has 0 heterocycles. The van der Waals surface area contributed by atoms with Crippen LogP contribution in [0.4, 0.5) is 5.69 Å². The van der Waals surface area contributed by atoms with Gasteiger partial charge < -0.3 is 15.8 Å². The number of rotatable bonds is 5. The first kappa shape index (κ1) is 12.5. The second-order valence-electron chi connectivity index (χ2n) is 3.62. The summed E-state index contributed by atoms with van der Waals surface area (Å²) in [6.45, 7) is 4.05. The Bertz CT molecular complexity index is 353. The summed E-state index contributed by atoms with van der Waals surface area (Å²) in [6.07, 6.45) is 1.11. The van der Waals surface area contributed by atoms with Crippen LogP contribution in [-0.4, -0.2) is 18.6 Å². The summed E-state index contributed by atoms with van der Waals surface area (Å²) in [5, 5.41) is 2.68. The summed E-state index contributed by atoms with van der Waals surface area (Å²) in [5.41, 5.74) is 5.92. The first-order chi connectivity index (χ1) is 7.65. The number of nitrogens with two attached hydrogens (primary N) is 1. The molecule has 0 bridgehead atoms. The predicted molar refractivity (Wildman–Crippen MR) is 64.5 cm³/mol. The first-order valence-electron chi connectivity index (χ1n) is 5.42. The van der Waals surface area contributed by atoms with E-state index < -0.39 is 0 Å². The molecule has 1 aromatic rings. The molecule has 4 nitrogen and oxygen atoms in total. The molecule has 88 valence electrons. The van der Waals surface area contributed by atoms with Gasteiger partial charge >= 0.3 is 0 Å². The second-order valence-corrected chi connectivity index (χ2v) is 3.62. The van der Waals surface area contributed by atoms with Crippen LogP contribution < -0.4 is 15.8 Å². The van der Waals surface area contributed by atoms with Gasteiger partial charge in [0.05, 0.1) is 12.6 Å². The maximum Gasteiger partial charge on any atom is 0.238 e. The van der Waals surface area contributed by atoms with Crippen LogP contribution in [0.25, 0.3) is 0 Å². The molecule has 0 radical (unpaired) electrons. The van der Waals surface area contributed by atoms with E-state index in [4.69, 9.17) is 10.5 Å². The smallest absolute Gasteiger partial charge is 0.238 e. The van der Waals surface area contributed by atoms with E-state index in [2.05, 4.69) is 12.2 Å². The third-order valence-corrected chi connectivity index (χ3v) is 2.22. The van der Waals surface area contributed by atoms with Crippen LogP contribution in [-0.2, 0) is 4.79 Å². The van der Waals surface area contributed by atoms with Gasteiger partial charge in [-0.15, -0.1) is 0 Å². The molecule has 0 saturated heterocycles. The number of hydrogen-bond donors (Lipinski definition) is 2. The quantitative estimate of drug-likeness (QED) is 0.798. The fourth-order valence-electron chi connectivity index (χ4n) is 1.17. The van der Waals surface area contributed by atoms with Gasteiger partial charge in [-0.05, 0) is 25.5 Å². The number of carbonyl (C=O) groups excluding carboxylic acids is 1. The zero-order valence-electron chi connectivity index (χ0n) is 9.69. The lowest BCUT2D eigenvalue weighted by molar-refractivity contribution is -0.114. The molecule has 0 spiro atoms. The fourth-order valence-corrected chi connectivity index (χ4v) is 1.17. The zero-order chi connectivity index (χ0) is 12.0. The number of hydrogen-bond acceptors (Lipinski definition) is 3. The molecule has 1 atom stereocenters. The van der Waals surface area contributed by atoms with Crippen LogP contribution in [0.5, 0.6) is 5.75 Å². The highest BCUT2D eigenvalue weighted by atomic mass is 16.5. The van der Waals surface area contributed by atoms with Gasteiger partial charge in [0.1, 0.15) is 5.75 Å². The predicted octanol–water partition coefficient (Wildman–Crippen LogP) is 1.76. The van der Waals surface area contributed by atoms with Gasteiger partial charge in [-0.1, -0.05) is 13.0 Å². The van der Waals surface area contributed by atoms with E-state index in [0.29, 0.717) is 5.69 Å². The van der Waals surface area contributed by atoms with Gasteiger partial charge in [-0.2, -0.15) is 0 Å². The molecule has 0 aliphatic rings. The highest BCUT2D eigenvalue weighted by Gasteiger charge is 2.03. The molecule has 0 fully saturated rings. The van der Waals surface area contributed by atoms with Gasteiger partial charge in [0.2, 0.25) is 5.91 Å². The van der Waals surface area contributed by atoms with E-state index in [0.717, 1.165) is 12.2 Å². The number of carbonyl (C=O) groups is 1. The average Bonchev–Trinajstić information content (AvgIpc) is 2.29. The Hall–Kier alpha value is -1.55. The lowest BCUT2D eigenvalue weighted by Gasteiger charge is -2.13. The summed E-state index contributed by atoms with van der Waals surface area (Å²) < 4.78 is 5.64. The van der Waals surface area contributed by atoms with Gasteiger partial charge in [0, 0.05) is 11.8 Å². The van der Waals surface area contributed by atoms with Crippen molar-refractivity contribution < 1.29 is 9.53 Å². The van der Waals surface area contributed by atoms with E-state index in [1.54, 1.807) is 12.1 Å². The Morgan fingerprint density at radius 1 is 1.56 bits per heavy atom. The van der Waals surface area contributed by atoms with Crippen LogP contribution in [0.15, 0.2) is 24.3 Å². The molecule has 1 rings (SSSR count). The van der Waals surface area contributed by atoms with Gasteiger partial charge in [0.25, 0.3) is 0 Å². The third kappa shape index (κ3) is 3.90. The number of ether oxygens (including phenoxy) is 1. The molecule has 1 amide bonds. The second kappa shape index (κ2) is 6.12. The lowest BCUT2D eigenvalue weighted by Crippen LogP contribution is -2.21. The minimum atomic E-state index is -0.208. The van der Waals surface area contributed by atoms with Crippen LogP contribution in [0.1, 0.15) is 20.3 Å². The average molecular weight is 222 g/mol. The van der Waals surface area contributed by atoms with Gasteiger partial charge in [0.15, 0.2) is 0 Å². The maximum absolute atomic E-state index is 11.1. The Morgan fingerprint density at radius 2 is 2.31 bits per heavy atom. The van der Waals surface area contributed by atoms with Gasteiger partial charge in [-0.25, -0.2) is 0 Å². The Balaban J connectivity index is 2.67. The largest absolute Gasteiger partial charge is 0.491 e. The van der Waals surface area contributed by atoms with Crippen molar-refractivity contribution in [3.63, 3.8) is 0 Å². The maximum atomic E-state index is 11.1. The van der Waals surface area contributed by atoms with E-state index in [9.17, 15) is 4.79 Å². The normalized spacial score (nSPS) is 11.9. The number of nitrogens with one attached hydrogen (secondary N) is 1. The van der Waals surface area contributed by atoms with Crippen LogP contribution in [0.3, 0.4) is 0 Å². The standard InChI is InChI=1S/C12H18N2O2/c1-3-9(2)16-11-6-4-5-10(7-11)14-12(15)8-13/h4-7,9H,3,8,13H2,1-2H3,(H,14,15). The van der Waals surface area contributed by atoms with Crippen molar-refractivity contribution in [2.24, 2.45) is 5.73 Å². The molecule has 0 saturated carbocycles. The fraction of sp³-hybridized carbons (Fsp3) is 0.417. The summed E-state index contributed by atoms with van der Waals surface area (Å²) in [7, 11) is 0. The molecular formula is C12H18N2O2. The van der Waals surface area contributed by atoms with Gasteiger partial charge in [-0.3, -0.25) is 4.79 Å². The Morgan fingerprint density at radius 3 is 2.94 bits per heavy atom. The minimum absolute atomic E-state index is 0.0174. The molecule has 3 N–H and O–H groups in total. The van der Waals surface area contributed by atoms with Crippen molar-refractivity contribution >= 4 is 11.6 Å². The highest BCUT2D eigenvalue weighted by Crippen LogP contribution is 2.18. The van der Waals surface area contributed by atoms with Crippen LogP contribution in [0.2, 0.25) is 0 Å². The zero-order valence-corrected chi connectivity index (χ0v) is 9.69. The molecule has 1 unspecified atom stereocenters. The molecular weight excluding hydrogens is 204 g/mol. The summed E-state index contributed by atoms with van der Waals surface area (Å²) in [4.78, 5) is 11.1. The summed E-state index contributed by atoms with van der Waals surface area (Å²) in [5.74, 6) is 0.546. The van der Waals surface area contributed by atoms with Crippen molar-refractivity contribution in [1.29, 1.82) is 0 Å². The lowest BCUT2D eigenvalue weighted by atomic mass is 10.2. The molecule has 4 heteroatoms. The van der Waals surface area contributed by atoms with Crippen LogP contribution in [0, 0.1) is 0 Å². The van der Waals surface area contributed by atoms with Crippen molar-refractivity contribution in [2.45, 2.75) is 26.4 Å². The van der Waals surface area contributed by atoms with E-state index in [-0.39, 0.29) is 18.6 Å². The Labute approximate surface area is 95.8 Å². The number of anilines is 1. The Kier molecular flexibility index (Phi) is 4.79. The van der Waals surface area contributed by atoms with Crippen molar-refractivity contribution in [1.82, 2.24) is 0 Å². The molecule has 0 aliphatic carbocycles. The SMILES string of the molecule is CCC(C)Oc1cccc(NC(=O)CN)c1. The molecule has 0 aromatic heterocycles. The number of amides is 1. The summed E-state index contributed by atoms with van der Waals surface area (Å²) in [6, 6.07) is 7.30. The third-order valence-electron chi connectivity index (χ3n) is 2.22. The highest BCUT2D eigenvalue weighted by molar-refractivity contribution is 5.92. The summed E-state index contributed by atoms with van der Waals surface area (Å²) >= 11 is 0. The van der Waals surface area contributed by atoms with Crippen molar-refractivity contribution in [2.75, 3.05) is 11.9 Å². The van der Waals surface area contributed by atoms with Crippen LogP contribution >= 0.6 is 0 Å². The monoisotopic (exact) mass is 222 g/mol. The van der Waals surface area contributed by atoms with Crippen molar-refractivity contribution in [3.05, 3.63) is 24.3 Å². The number of benzene rings is 1. The molecule has 1 aromatic carbocycles. The molecule has 16 heavy (non-hydrogen) atoms. The van der Waals surface area contributed by atoms with Crippen molar-refractivity contribution in [3.8, 4) is 5.75 Å². The topological polar surface area (TPSA) is 64.3 Å². The van der Waals surface area contributed by atoms with E-state index in [1.807, 2.05) is 19.1 Å². The first-order valence-corrected chi connectivity index (χ1v) is 5.42.